The number of nitrogens with two attached hydrogens (primary N) is 1. The molecule has 102 valence electrons. The van der Waals surface area contributed by atoms with Crippen LogP contribution >= 0.6 is 22.9 Å². The summed E-state index contributed by atoms with van der Waals surface area (Å²) in [6, 6.07) is 9.76. The maximum absolute atomic E-state index is 6.13. The van der Waals surface area contributed by atoms with Gasteiger partial charge in [-0.1, -0.05) is 29.8 Å². The first-order chi connectivity index (χ1) is 9.09. The third-order valence-corrected chi connectivity index (χ3v) is 4.46. The first-order valence-electron chi connectivity index (χ1n) is 6.24. The fourth-order valence-electron chi connectivity index (χ4n) is 1.94. The van der Waals surface area contributed by atoms with E-state index in [-0.39, 0.29) is 12.1 Å². The Hall–Kier alpha value is -0.870. The molecule has 1 heterocycles. The van der Waals surface area contributed by atoms with Gasteiger partial charge in [-0.2, -0.15) is 0 Å². The molecule has 0 saturated carbocycles. The van der Waals surface area contributed by atoms with Gasteiger partial charge in [-0.15, -0.1) is 11.3 Å². The van der Waals surface area contributed by atoms with E-state index in [0.717, 1.165) is 10.6 Å². The van der Waals surface area contributed by atoms with Gasteiger partial charge < -0.3 is 10.5 Å². The highest BCUT2D eigenvalue weighted by molar-refractivity contribution is 7.10. The van der Waals surface area contributed by atoms with Crippen molar-refractivity contribution in [3.8, 4) is 0 Å². The van der Waals surface area contributed by atoms with Gasteiger partial charge in [0, 0.05) is 15.9 Å². The van der Waals surface area contributed by atoms with Crippen LogP contribution in [0.4, 0.5) is 0 Å². The van der Waals surface area contributed by atoms with Crippen LogP contribution in [0.2, 0.25) is 5.02 Å². The van der Waals surface area contributed by atoms with Crippen molar-refractivity contribution in [1.29, 1.82) is 0 Å². The van der Waals surface area contributed by atoms with E-state index in [9.17, 15) is 0 Å². The standard InChI is InChI=1S/C15H18ClNOS/c1-10-7-8-19-15(10)14(11(2)17)18-9-12-5-3-4-6-13(12)16/h3-8,11,14H,9,17H2,1-2H3. The lowest BCUT2D eigenvalue weighted by Crippen LogP contribution is -2.26. The summed E-state index contributed by atoms with van der Waals surface area (Å²) in [5, 5.41) is 2.80. The van der Waals surface area contributed by atoms with Gasteiger partial charge in [0.1, 0.15) is 6.10 Å². The third-order valence-electron chi connectivity index (χ3n) is 3.01. The third kappa shape index (κ3) is 3.57. The molecule has 0 bridgehead atoms. The topological polar surface area (TPSA) is 35.2 Å². The Morgan fingerprint density at radius 1 is 1.32 bits per heavy atom. The van der Waals surface area contributed by atoms with Crippen molar-refractivity contribution in [2.45, 2.75) is 32.6 Å². The molecule has 0 aliphatic rings. The Morgan fingerprint density at radius 3 is 2.63 bits per heavy atom. The fourth-order valence-corrected chi connectivity index (χ4v) is 3.22. The first kappa shape index (κ1) is 14.5. The van der Waals surface area contributed by atoms with Crippen molar-refractivity contribution < 1.29 is 4.74 Å². The van der Waals surface area contributed by atoms with E-state index in [4.69, 9.17) is 22.1 Å². The van der Waals surface area contributed by atoms with Gasteiger partial charge in [0.15, 0.2) is 0 Å². The molecule has 0 radical (unpaired) electrons. The van der Waals surface area contributed by atoms with Gasteiger partial charge in [-0.25, -0.2) is 0 Å². The summed E-state index contributed by atoms with van der Waals surface area (Å²) in [6.45, 7) is 4.53. The van der Waals surface area contributed by atoms with Gasteiger partial charge in [-0.3, -0.25) is 0 Å². The normalized spacial score (nSPS) is 14.3. The van der Waals surface area contributed by atoms with Crippen LogP contribution < -0.4 is 5.73 Å². The van der Waals surface area contributed by atoms with Crippen LogP contribution in [-0.2, 0) is 11.3 Å². The minimum absolute atomic E-state index is 0.0557. The number of hydrogen-bond donors (Lipinski definition) is 1. The number of benzene rings is 1. The lowest BCUT2D eigenvalue weighted by molar-refractivity contribution is 0.0279. The summed E-state index contributed by atoms with van der Waals surface area (Å²) >= 11 is 7.82. The van der Waals surface area contributed by atoms with E-state index >= 15 is 0 Å². The highest BCUT2D eigenvalue weighted by Gasteiger charge is 2.20. The lowest BCUT2D eigenvalue weighted by Gasteiger charge is -2.21. The second-order valence-electron chi connectivity index (χ2n) is 4.65. The molecule has 1 aromatic heterocycles. The van der Waals surface area contributed by atoms with Crippen LogP contribution in [-0.4, -0.2) is 6.04 Å². The molecule has 1 aromatic carbocycles. The number of ether oxygens (including phenoxy) is 1. The van der Waals surface area contributed by atoms with E-state index in [1.165, 1.54) is 10.4 Å². The first-order valence-corrected chi connectivity index (χ1v) is 7.50. The highest BCUT2D eigenvalue weighted by Crippen LogP contribution is 2.30. The molecular formula is C15H18ClNOS. The van der Waals surface area contributed by atoms with Gasteiger partial charge >= 0.3 is 0 Å². The summed E-state index contributed by atoms with van der Waals surface area (Å²) in [7, 11) is 0. The molecule has 2 nitrogen and oxygen atoms in total. The van der Waals surface area contributed by atoms with Crippen molar-refractivity contribution in [3.05, 3.63) is 56.7 Å². The Bertz CT molecular complexity index is 538. The fraction of sp³-hybridized carbons (Fsp3) is 0.333. The molecule has 0 aliphatic carbocycles. The van der Waals surface area contributed by atoms with Crippen molar-refractivity contribution in [1.82, 2.24) is 0 Å². The summed E-state index contributed by atoms with van der Waals surface area (Å²) < 4.78 is 6.00. The number of thiophene rings is 1. The molecule has 2 atom stereocenters. The molecule has 0 amide bonds. The molecular weight excluding hydrogens is 278 g/mol. The molecule has 0 aliphatic heterocycles. The predicted molar refractivity (Wildman–Crippen MR) is 81.7 cm³/mol. The molecule has 2 rings (SSSR count). The van der Waals surface area contributed by atoms with E-state index in [1.54, 1.807) is 11.3 Å². The van der Waals surface area contributed by atoms with Crippen LogP contribution in [0.1, 0.15) is 29.0 Å². The van der Waals surface area contributed by atoms with Crippen LogP contribution in [0.15, 0.2) is 35.7 Å². The predicted octanol–water partition coefficient (Wildman–Crippen LogP) is 4.32. The van der Waals surface area contributed by atoms with E-state index in [0.29, 0.717) is 6.61 Å². The van der Waals surface area contributed by atoms with E-state index in [1.807, 2.05) is 31.2 Å². The summed E-state index contributed by atoms with van der Waals surface area (Å²) in [4.78, 5) is 1.20. The average molecular weight is 296 g/mol. The smallest absolute Gasteiger partial charge is 0.107 e. The van der Waals surface area contributed by atoms with Gasteiger partial charge in [-0.05, 0) is 42.5 Å². The van der Waals surface area contributed by atoms with E-state index < -0.39 is 0 Å². The van der Waals surface area contributed by atoms with Crippen molar-refractivity contribution in [2.75, 3.05) is 0 Å². The lowest BCUT2D eigenvalue weighted by atomic mass is 10.1. The van der Waals surface area contributed by atoms with E-state index in [2.05, 4.69) is 18.4 Å². The van der Waals surface area contributed by atoms with Gasteiger partial charge in [0.2, 0.25) is 0 Å². The van der Waals surface area contributed by atoms with Crippen LogP contribution in [0.5, 0.6) is 0 Å². The molecule has 2 N–H and O–H groups in total. The van der Waals surface area contributed by atoms with Crippen molar-refractivity contribution in [2.24, 2.45) is 5.73 Å². The molecule has 0 saturated heterocycles. The van der Waals surface area contributed by atoms with Crippen molar-refractivity contribution >= 4 is 22.9 Å². The minimum Gasteiger partial charge on any atom is -0.366 e. The SMILES string of the molecule is Cc1ccsc1C(OCc1ccccc1Cl)C(C)N. The second kappa shape index (κ2) is 6.53. The maximum atomic E-state index is 6.13. The largest absolute Gasteiger partial charge is 0.366 e. The van der Waals surface area contributed by atoms with Crippen molar-refractivity contribution in [3.63, 3.8) is 0 Å². The summed E-state index contributed by atoms with van der Waals surface area (Å²) in [5.41, 5.74) is 8.27. The summed E-state index contributed by atoms with van der Waals surface area (Å²) in [5.74, 6) is 0. The highest BCUT2D eigenvalue weighted by atomic mass is 35.5. The zero-order valence-corrected chi connectivity index (χ0v) is 12.7. The quantitative estimate of drug-likeness (QED) is 0.892. The number of hydrogen-bond acceptors (Lipinski definition) is 3. The average Bonchev–Trinajstić information content (AvgIpc) is 2.78. The Labute approximate surface area is 123 Å². The Morgan fingerprint density at radius 2 is 2.05 bits per heavy atom. The maximum Gasteiger partial charge on any atom is 0.107 e. The molecule has 4 heteroatoms. The molecule has 0 fully saturated rings. The monoisotopic (exact) mass is 295 g/mol. The number of rotatable bonds is 5. The summed E-state index contributed by atoms with van der Waals surface area (Å²) in [6.07, 6.45) is -0.0868. The van der Waals surface area contributed by atoms with Crippen LogP contribution in [0.25, 0.3) is 0 Å². The number of aryl methyl sites for hydroxylation is 1. The van der Waals surface area contributed by atoms with Crippen LogP contribution in [0.3, 0.4) is 0 Å². The molecule has 19 heavy (non-hydrogen) atoms. The molecule has 2 aromatic rings. The minimum atomic E-state index is -0.0868. The Kier molecular flexibility index (Phi) is 4.99. The zero-order chi connectivity index (χ0) is 13.8. The van der Waals surface area contributed by atoms with Crippen LogP contribution in [0, 0.1) is 6.92 Å². The Balaban J connectivity index is 2.11. The van der Waals surface area contributed by atoms with Gasteiger partial charge in [0.05, 0.1) is 6.61 Å². The number of halogens is 1. The zero-order valence-electron chi connectivity index (χ0n) is 11.1. The van der Waals surface area contributed by atoms with Gasteiger partial charge in [0.25, 0.3) is 0 Å². The molecule has 0 spiro atoms. The second-order valence-corrected chi connectivity index (χ2v) is 6.00. The molecule has 2 unspecified atom stereocenters.